The van der Waals surface area contributed by atoms with Crippen LogP contribution in [0.2, 0.25) is 0 Å². The number of carboxylic acids is 1. The maximum Gasteiger partial charge on any atom is 0.303 e. The smallest absolute Gasteiger partial charge is 0.303 e. The van der Waals surface area contributed by atoms with Gasteiger partial charge in [-0.1, -0.05) is 12.1 Å². The first-order valence-electron chi connectivity index (χ1n) is 6.68. The zero-order chi connectivity index (χ0) is 14.8. The number of nitrogens with zero attached hydrogens (tertiary/aromatic N) is 1. The molecule has 0 bridgehead atoms. The van der Waals surface area contributed by atoms with Gasteiger partial charge in [0.05, 0.1) is 4.90 Å². The summed E-state index contributed by atoms with van der Waals surface area (Å²) in [6.45, 7) is 2.61. The predicted molar refractivity (Wildman–Crippen MR) is 74.9 cm³/mol. The molecule has 1 aromatic rings. The van der Waals surface area contributed by atoms with E-state index in [-0.39, 0.29) is 17.2 Å². The highest BCUT2D eigenvalue weighted by molar-refractivity contribution is 7.89. The molecule has 5 nitrogen and oxygen atoms in total. The van der Waals surface area contributed by atoms with Crippen molar-refractivity contribution in [3.05, 3.63) is 29.8 Å². The van der Waals surface area contributed by atoms with E-state index >= 15 is 0 Å². The van der Waals surface area contributed by atoms with Gasteiger partial charge in [0.25, 0.3) is 0 Å². The molecule has 0 unspecified atom stereocenters. The number of aliphatic carboxylic acids is 1. The van der Waals surface area contributed by atoms with Crippen LogP contribution in [-0.2, 0) is 14.8 Å². The summed E-state index contributed by atoms with van der Waals surface area (Å²) in [5.74, 6) is -0.967. The molecule has 110 valence electrons. The standard InChI is InChI=1S/C14H19NO4S/c1-11-4-2-6-13(8-11)20(18,19)15-7-3-5-12(10-15)9-14(16)17/h2,4,6,8,12H,3,5,7,9-10H2,1H3,(H,16,17)/t12-/m0/s1. The molecule has 1 aromatic carbocycles. The van der Waals surface area contributed by atoms with Crippen LogP contribution in [0.4, 0.5) is 0 Å². The van der Waals surface area contributed by atoms with E-state index in [9.17, 15) is 13.2 Å². The highest BCUT2D eigenvalue weighted by Gasteiger charge is 2.31. The summed E-state index contributed by atoms with van der Waals surface area (Å²) in [6, 6.07) is 6.81. The second-order valence-corrected chi connectivity index (χ2v) is 7.22. The Labute approximate surface area is 119 Å². The lowest BCUT2D eigenvalue weighted by Crippen LogP contribution is -2.40. The fourth-order valence-electron chi connectivity index (χ4n) is 2.58. The Hall–Kier alpha value is -1.40. The monoisotopic (exact) mass is 297 g/mol. The van der Waals surface area contributed by atoms with Crippen molar-refractivity contribution in [3.8, 4) is 0 Å². The van der Waals surface area contributed by atoms with Crippen molar-refractivity contribution in [1.82, 2.24) is 4.31 Å². The third-order valence-electron chi connectivity index (χ3n) is 3.57. The second-order valence-electron chi connectivity index (χ2n) is 5.29. The minimum atomic E-state index is -3.51. The van der Waals surface area contributed by atoms with Gasteiger partial charge in [0, 0.05) is 19.5 Å². The second kappa shape index (κ2) is 5.93. The zero-order valence-electron chi connectivity index (χ0n) is 11.4. The van der Waals surface area contributed by atoms with Gasteiger partial charge in [-0.05, 0) is 43.4 Å². The van der Waals surface area contributed by atoms with Crippen LogP contribution in [0.1, 0.15) is 24.8 Å². The molecule has 0 amide bonds. The molecule has 6 heteroatoms. The van der Waals surface area contributed by atoms with E-state index in [0.29, 0.717) is 19.5 Å². The molecular weight excluding hydrogens is 278 g/mol. The third kappa shape index (κ3) is 3.37. The normalized spacial score (nSPS) is 20.8. The molecule has 0 aromatic heterocycles. The van der Waals surface area contributed by atoms with Gasteiger partial charge in [-0.3, -0.25) is 4.79 Å². The Bertz CT molecular complexity index is 597. The predicted octanol–water partition coefficient (Wildman–Crippen LogP) is 1.87. The number of hydrogen-bond acceptors (Lipinski definition) is 3. The highest BCUT2D eigenvalue weighted by atomic mass is 32.2. The molecule has 1 saturated heterocycles. The lowest BCUT2D eigenvalue weighted by atomic mass is 9.96. The van der Waals surface area contributed by atoms with E-state index in [4.69, 9.17) is 5.11 Å². The van der Waals surface area contributed by atoms with Crippen molar-refractivity contribution in [2.45, 2.75) is 31.1 Å². The lowest BCUT2D eigenvalue weighted by Gasteiger charge is -2.31. The molecule has 1 atom stereocenters. The molecule has 1 N–H and O–H groups in total. The van der Waals surface area contributed by atoms with Crippen molar-refractivity contribution in [1.29, 1.82) is 0 Å². The number of sulfonamides is 1. The van der Waals surface area contributed by atoms with E-state index < -0.39 is 16.0 Å². The van der Waals surface area contributed by atoms with Gasteiger partial charge in [0.1, 0.15) is 0 Å². The summed E-state index contributed by atoms with van der Waals surface area (Å²) in [7, 11) is -3.51. The van der Waals surface area contributed by atoms with Crippen molar-refractivity contribution in [3.63, 3.8) is 0 Å². The summed E-state index contributed by atoms with van der Waals surface area (Å²) < 4.78 is 26.5. The number of carbonyl (C=O) groups is 1. The van der Waals surface area contributed by atoms with Crippen LogP contribution in [-0.4, -0.2) is 36.9 Å². The molecule has 2 rings (SSSR count). The van der Waals surface area contributed by atoms with Crippen LogP contribution in [0, 0.1) is 12.8 Å². The summed E-state index contributed by atoms with van der Waals surface area (Å²) in [5.41, 5.74) is 0.894. The zero-order valence-corrected chi connectivity index (χ0v) is 12.3. The molecule has 0 saturated carbocycles. The largest absolute Gasteiger partial charge is 0.481 e. The minimum absolute atomic E-state index is 0.0276. The molecule has 1 fully saturated rings. The van der Waals surface area contributed by atoms with Gasteiger partial charge < -0.3 is 5.11 Å². The van der Waals surface area contributed by atoms with E-state index in [1.165, 1.54) is 4.31 Å². The number of piperidine rings is 1. The van der Waals surface area contributed by atoms with Crippen LogP contribution in [0.25, 0.3) is 0 Å². The maximum atomic E-state index is 12.5. The molecule has 20 heavy (non-hydrogen) atoms. The number of hydrogen-bond donors (Lipinski definition) is 1. The van der Waals surface area contributed by atoms with Crippen molar-refractivity contribution < 1.29 is 18.3 Å². The summed E-state index contributed by atoms with van der Waals surface area (Å²) in [6.07, 6.45) is 1.51. The first kappa shape index (κ1) is 15.0. The number of rotatable bonds is 4. The van der Waals surface area contributed by atoms with Crippen molar-refractivity contribution in [2.75, 3.05) is 13.1 Å². The van der Waals surface area contributed by atoms with Gasteiger partial charge in [0.15, 0.2) is 0 Å². The summed E-state index contributed by atoms with van der Waals surface area (Å²) in [5, 5.41) is 8.84. The number of benzene rings is 1. The van der Waals surface area contributed by atoms with Gasteiger partial charge in [-0.15, -0.1) is 0 Å². The summed E-state index contributed by atoms with van der Waals surface area (Å²) >= 11 is 0. The van der Waals surface area contributed by atoms with Crippen LogP contribution in [0.15, 0.2) is 29.2 Å². The Morgan fingerprint density at radius 1 is 1.45 bits per heavy atom. The fourth-order valence-corrected chi connectivity index (χ4v) is 4.24. The van der Waals surface area contributed by atoms with Crippen molar-refractivity contribution in [2.24, 2.45) is 5.92 Å². The summed E-state index contributed by atoms with van der Waals surface area (Å²) in [4.78, 5) is 11.1. The molecular formula is C14H19NO4S. The van der Waals surface area contributed by atoms with E-state index in [0.717, 1.165) is 12.0 Å². The van der Waals surface area contributed by atoms with Gasteiger partial charge in [-0.2, -0.15) is 4.31 Å². The lowest BCUT2D eigenvalue weighted by molar-refractivity contribution is -0.138. The molecule has 0 radical (unpaired) electrons. The Balaban J connectivity index is 2.19. The molecule has 1 heterocycles. The topological polar surface area (TPSA) is 74.7 Å². The Morgan fingerprint density at radius 2 is 2.20 bits per heavy atom. The van der Waals surface area contributed by atoms with Crippen LogP contribution < -0.4 is 0 Å². The van der Waals surface area contributed by atoms with E-state index in [1.807, 2.05) is 13.0 Å². The first-order valence-corrected chi connectivity index (χ1v) is 8.12. The molecule has 1 aliphatic heterocycles. The van der Waals surface area contributed by atoms with Gasteiger partial charge in [0.2, 0.25) is 10.0 Å². The van der Waals surface area contributed by atoms with Crippen LogP contribution in [0.5, 0.6) is 0 Å². The Kier molecular flexibility index (Phi) is 4.45. The van der Waals surface area contributed by atoms with Gasteiger partial charge >= 0.3 is 5.97 Å². The minimum Gasteiger partial charge on any atom is -0.481 e. The highest BCUT2D eigenvalue weighted by Crippen LogP contribution is 2.25. The number of aryl methyl sites for hydroxylation is 1. The number of carboxylic acid groups (broad SMARTS) is 1. The van der Waals surface area contributed by atoms with Crippen molar-refractivity contribution >= 4 is 16.0 Å². The molecule has 0 aliphatic carbocycles. The maximum absolute atomic E-state index is 12.5. The molecule has 1 aliphatic rings. The quantitative estimate of drug-likeness (QED) is 0.920. The Morgan fingerprint density at radius 3 is 2.85 bits per heavy atom. The van der Waals surface area contributed by atoms with E-state index in [2.05, 4.69) is 0 Å². The van der Waals surface area contributed by atoms with Gasteiger partial charge in [-0.25, -0.2) is 8.42 Å². The van der Waals surface area contributed by atoms with Crippen LogP contribution in [0.3, 0.4) is 0 Å². The van der Waals surface area contributed by atoms with E-state index in [1.54, 1.807) is 18.2 Å². The average Bonchev–Trinajstić information content (AvgIpc) is 2.38. The SMILES string of the molecule is Cc1cccc(S(=O)(=O)N2CCC[C@@H](CC(=O)O)C2)c1. The van der Waals surface area contributed by atoms with Crippen LogP contribution >= 0.6 is 0 Å². The third-order valence-corrected chi connectivity index (χ3v) is 5.43. The molecule has 0 spiro atoms. The first-order chi connectivity index (χ1) is 9.39. The average molecular weight is 297 g/mol. The fraction of sp³-hybridized carbons (Fsp3) is 0.500.